The van der Waals surface area contributed by atoms with Crippen LogP contribution in [-0.2, 0) is 6.42 Å². The van der Waals surface area contributed by atoms with E-state index in [9.17, 15) is 0 Å². The van der Waals surface area contributed by atoms with Crippen LogP contribution in [-0.4, -0.2) is 6.04 Å². The van der Waals surface area contributed by atoms with Crippen molar-refractivity contribution in [3.05, 3.63) is 32.7 Å². The zero-order valence-corrected chi connectivity index (χ0v) is 10.7. The van der Waals surface area contributed by atoms with Gasteiger partial charge in [0.05, 0.1) is 0 Å². The molecule has 0 aliphatic rings. The molecule has 0 amide bonds. The fraction of sp³-hybridized carbons (Fsp3) is 0.400. The number of halogens is 2. The zero-order chi connectivity index (χ0) is 9.84. The maximum Gasteiger partial charge on any atom is 0.0320 e. The molecule has 1 unspecified atom stereocenters. The Morgan fingerprint density at radius 3 is 2.54 bits per heavy atom. The Morgan fingerprint density at radius 1 is 1.31 bits per heavy atom. The quantitative estimate of drug-likeness (QED) is 0.909. The molecule has 0 fully saturated rings. The number of benzene rings is 1. The first-order chi connectivity index (χ1) is 6.09. The van der Waals surface area contributed by atoms with E-state index in [2.05, 4.69) is 50.1 Å². The van der Waals surface area contributed by atoms with Gasteiger partial charge in [-0.2, -0.15) is 0 Å². The summed E-state index contributed by atoms with van der Waals surface area (Å²) >= 11 is 6.91. The highest BCUT2D eigenvalue weighted by Crippen LogP contribution is 2.24. The van der Waals surface area contributed by atoms with Crippen LogP contribution < -0.4 is 5.73 Å². The molecule has 0 aliphatic carbocycles. The second-order valence-corrected chi connectivity index (χ2v) is 4.97. The fourth-order valence-electron chi connectivity index (χ4n) is 1.09. The van der Waals surface area contributed by atoms with Gasteiger partial charge in [-0.3, -0.25) is 0 Å². The molecule has 0 heterocycles. The molecule has 0 aromatic heterocycles. The molecule has 0 spiro atoms. The molecule has 3 heteroatoms. The first kappa shape index (κ1) is 11.2. The lowest BCUT2D eigenvalue weighted by atomic mass is 10.1. The number of hydrogen-bond acceptors (Lipinski definition) is 1. The molecule has 72 valence electrons. The van der Waals surface area contributed by atoms with Crippen LogP contribution in [0.3, 0.4) is 0 Å². The molecule has 2 N–H and O–H groups in total. The first-order valence-electron chi connectivity index (χ1n) is 4.29. The highest BCUT2D eigenvalue weighted by Gasteiger charge is 2.00. The van der Waals surface area contributed by atoms with E-state index < -0.39 is 0 Å². The van der Waals surface area contributed by atoms with Gasteiger partial charge >= 0.3 is 0 Å². The second kappa shape index (κ2) is 5.13. The standard InChI is InChI=1S/C10H13Br2N/c1-7(13)2-3-8-4-5-9(11)10(12)6-8/h4-7H,2-3,13H2,1H3. The SMILES string of the molecule is CC(N)CCc1ccc(Br)c(Br)c1. The maximum atomic E-state index is 5.69. The third kappa shape index (κ3) is 3.79. The highest BCUT2D eigenvalue weighted by atomic mass is 79.9. The van der Waals surface area contributed by atoms with Gasteiger partial charge in [0, 0.05) is 15.0 Å². The summed E-state index contributed by atoms with van der Waals surface area (Å²) in [6, 6.07) is 6.59. The summed E-state index contributed by atoms with van der Waals surface area (Å²) in [5.41, 5.74) is 7.01. The van der Waals surface area contributed by atoms with Crippen molar-refractivity contribution < 1.29 is 0 Å². The van der Waals surface area contributed by atoms with Crippen LogP contribution >= 0.6 is 31.9 Å². The first-order valence-corrected chi connectivity index (χ1v) is 5.87. The van der Waals surface area contributed by atoms with Crippen LogP contribution in [0.5, 0.6) is 0 Å². The van der Waals surface area contributed by atoms with Crippen molar-refractivity contribution >= 4 is 31.9 Å². The minimum atomic E-state index is 0.280. The second-order valence-electron chi connectivity index (χ2n) is 3.26. The van der Waals surface area contributed by atoms with Crippen LogP contribution in [0.1, 0.15) is 18.9 Å². The van der Waals surface area contributed by atoms with Crippen LogP contribution in [0.4, 0.5) is 0 Å². The Hall–Kier alpha value is 0.140. The molecular weight excluding hydrogens is 294 g/mol. The van der Waals surface area contributed by atoms with Gasteiger partial charge in [-0.1, -0.05) is 6.07 Å². The van der Waals surface area contributed by atoms with Crippen molar-refractivity contribution in [2.45, 2.75) is 25.8 Å². The topological polar surface area (TPSA) is 26.0 Å². The average molecular weight is 307 g/mol. The van der Waals surface area contributed by atoms with Gasteiger partial charge in [0.2, 0.25) is 0 Å². The predicted octanol–water partition coefficient (Wildman–Crippen LogP) is 3.49. The van der Waals surface area contributed by atoms with Crippen LogP contribution in [0.15, 0.2) is 27.1 Å². The Balaban J connectivity index is 2.63. The van der Waals surface area contributed by atoms with Gasteiger partial charge < -0.3 is 5.73 Å². The van der Waals surface area contributed by atoms with E-state index in [-0.39, 0.29) is 6.04 Å². The lowest BCUT2D eigenvalue weighted by Gasteiger charge is -2.05. The molecule has 0 saturated carbocycles. The molecule has 0 saturated heterocycles. The summed E-state index contributed by atoms with van der Waals surface area (Å²) < 4.78 is 2.20. The molecule has 0 bridgehead atoms. The van der Waals surface area contributed by atoms with E-state index in [0.29, 0.717) is 0 Å². The Kier molecular flexibility index (Phi) is 4.42. The van der Waals surface area contributed by atoms with Gasteiger partial charge in [0.25, 0.3) is 0 Å². The predicted molar refractivity (Wildman–Crippen MR) is 63.8 cm³/mol. The molecule has 1 aromatic rings. The largest absolute Gasteiger partial charge is 0.328 e. The van der Waals surface area contributed by atoms with E-state index in [4.69, 9.17) is 5.73 Å². The van der Waals surface area contributed by atoms with Crippen LogP contribution in [0.25, 0.3) is 0 Å². The lowest BCUT2D eigenvalue weighted by Crippen LogP contribution is -2.15. The van der Waals surface area contributed by atoms with E-state index >= 15 is 0 Å². The summed E-state index contributed by atoms with van der Waals surface area (Å²) in [5, 5.41) is 0. The molecule has 0 radical (unpaired) electrons. The van der Waals surface area contributed by atoms with E-state index in [1.54, 1.807) is 0 Å². The van der Waals surface area contributed by atoms with Crippen LogP contribution in [0.2, 0.25) is 0 Å². The van der Waals surface area contributed by atoms with E-state index in [1.165, 1.54) is 5.56 Å². The minimum Gasteiger partial charge on any atom is -0.328 e. The van der Waals surface area contributed by atoms with Gasteiger partial charge in [0.1, 0.15) is 0 Å². The third-order valence-electron chi connectivity index (χ3n) is 1.87. The molecule has 1 atom stereocenters. The van der Waals surface area contributed by atoms with Crippen molar-refractivity contribution in [2.24, 2.45) is 5.73 Å². The smallest absolute Gasteiger partial charge is 0.0320 e. The number of aryl methyl sites for hydroxylation is 1. The molecule has 13 heavy (non-hydrogen) atoms. The molecule has 1 rings (SSSR count). The number of rotatable bonds is 3. The van der Waals surface area contributed by atoms with E-state index in [1.807, 2.05) is 6.92 Å². The summed E-state index contributed by atoms with van der Waals surface area (Å²) in [6.45, 7) is 2.04. The molecule has 1 aromatic carbocycles. The van der Waals surface area contributed by atoms with Gasteiger partial charge in [-0.05, 0) is 69.3 Å². The fourth-order valence-corrected chi connectivity index (χ4v) is 1.76. The summed E-state index contributed by atoms with van der Waals surface area (Å²) in [7, 11) is 0. The minimum absolute atomic E-state index is 0.280. The number of hydrogen-bond donors (Lipinski definition) is 1. The monoisotopic (exact) mass is 305 g/mol. The molecule has 0 aliphatic heterocycles. The Morgan fingerprint density at radius 2 is 2.00 bits per heavy atom. The molecule has 1 nitrogen and oxygen atoms in total. The average Bonchev–Trinajstić information content (AvgIpc) is 2.07. The lowest BCUT2D eigenvalue weighted by molar-refractivity contribution is 0.666. The summed E-state index contributed by atoms with van der Waals surface area (Å²) in [5.74, 6) is 0. The van der Waals surface area contributed by atoms with Crippen molar-refractivity contribution in [2.75, 3.05) is 0 Å². The van der Waals surface area contributed by atoms with Gasteiger partial charge in [-0.15, -0.1) is 0 Å². The summed E-state index contributed by atoms with van der Waals surface area (Å²) in [6.07, 6.45) is 2.08. The van der Waals surface area contributed by atoms with Crippen molar-refractivity contribution in [3.8, 4) is 0 Å². The Bertz CT molecular complexity index is 284. The third-order valence-corrected chi connectivity index (χ3v) is 3.75. The number of nitrogens with two attached hydrogens (primary N) is 1. The highest BCUT2D eigenvalue weighted by molar-refractivity contribution is 9.13. The van der Waals surface area contributed by atoms with Crippen molar-refractivity contribution in [1.29, 1.82) is 0 Å². The molecular formula is C10H13Br2N. The van der Waals surface area contributed by atoms with E-state index in [0.717, 1.165) is 21.8 Å². The summed E-state index contributed by atoms with van der Waals surface area (Å²) in [4.78, 5) is 0. The Labute approximate surface area is 96.0 Å². The maximum absolute atomic E-state index is 5.69. The normalized spacial score (nSPS) is 12.9. The zero-order valence-electron chi connectivity index (χ0n) is 7.56. The van der Waals surface area contributed by atoms with Gasteiger partial charge in [-0.25, -0.2) is 0 Å². The van der Waals surface area contributed by atoms with Crippen LogP contribution in [0, 0.1) is 0 Å². The van der Waals surface area contributed by atoms with Crippen molar-refractivity contribution in [3.63, 3.8) is 0 Å². The van der Waals surface area contributed by atoms with Gasteiger partial charge in [0.15, 0.2) is 0 Å². The van der Waals surface area contributed by atoms with Crippen molar-refractivity contribution in [1.82, 2.24) is 0 Å².